The van der Waals surface area contributed by atoms with Gasteiger partial charge in [-0.25, -0.2) is 0 Å². The summed E-state index contributed by atoms with van der Waals surface area (Å²) in [5.41, 5.74) is 2.73. The minimum absolute atomic E-state index is 0. The van der Waals surface area contributed by atoms with Gasteiger partial charge in [-0.1, -0.05) is 6.07 Å². The molecule has 0 saturated carbocycles. The summed E-state index contributed by atoms with van der Waals surface area (Å²) >= 11 is 0. The zero-order chi connectivity index (χ0) is 17.4. The molecule has 5 heteroatoms. The highest BCUT2D eigenvalue weighted by Gasteiger charge is 2.36. The van der Waals surface area contributed by atoms with Crippen molar-refractivity contribution < 1.29 is 9.53 Å². The molecule has 2 saturated heterocycles. The molecular weight excluding hydrogens is 348 g/mol. The van der Waals surface area contributed by atoms with Gasteiger partial charge in [0, 0.05) is 31.6 Å². The maximum absolute atomic E-state index is 13.0. The summed E-state index contributed by atoms with van der Waals surface area (Å²) < 4.78 is 5.36. The summed E-state index contributed by atoms with van der Waals surface area (Å²) in [6, 6.07) is 8.04. The van der Waals surface area contributed by atoms with Crippen molar-refractivity contribution in [1.82, 2.24) is 10.2 Å². The number of ether oxygens (including phenoxy) is 1. The minimum atomic E-state index is 0. The number of hydrogen-bond acceptors (Lipinski definition) is 3. The van der Waals surface area contributed by atoms with Crippen molar-refractivity contribution in [2.24, 2.45) is 0 Å². The van der Waals surface area contributed by atoms with E-state index in [-0.39, 0.29) is 12.4 Å². The van der Waals surface area contributed by atoms with Crippen LogP contribution >= 0.6 is 12.4 Å². The monoisotopic (exact) mass is 378 g/mol. The molecule has 2 heterocycles. The third-order valence-electron chi connectivity index (χ3n) is 6.60. The van der Waals surface area contributed by atoms with E-state index >= 15 is 0 Å². The van der Waals surface area contributed by atoms with Gasteiger partial charge in [0.1, 0.15) is 5.75 Å². The number of nitrogens with zero attached hydrogens (tertiary/aromatic N) is 1. The number of fused-ring (bicyclic) bond motifs is 3. The van der Waals surface area contributed by atoms with E-state index in [9.17, 15) is 4.79 Å². The fraction of sp³-hybridized carbons (Fsp3) is 0.667. The summed E-state index contributed by atoms with van der Waals surface area (Å²) in [7, 11) is 3.74. The second kappa shape index (κ2) is 8.18. The van der Waals surface area contributed by atoms with Gasteiger partial charge in [-0.2, -0.15) is 0 Å². The van der Waals surface area contributed by atoms with Gasteiger partial charge in [-0.3, -0.25) is 4.79 Å². The van der Waals surface area contributed by atoms with Gasteiger partial charge in [0.05, 0.1) is 7.11 Å². The van der Waals surface area contributed by atoms with E-state index in [1.54, 1.807) is 7.11 Å². The minimum Gasteiger partial charge on any atom is -0.497 e. The molecule has 2 bridgehead atoms. The smallest absolute Gasteiger partial charge is 0.223 e. The lowest BCUT2D eigenvalue weighted by atomic mass is 9.80. The first-order chi connectivity index (χ1) is 12.1. The van der Waals surface area contributed by atoms with Crippen LogP contribution in [-0.2, 0) is 11.2 Å². The topological polar surface area (TPSA) is 41.6 Å². The first-order valence-corrected chi connectivity index (χ1v) is 9.82. The standard InChI is InChI=1S/C21H30N2O2.ClH/c1-23(18-12-16-6-7-17(13-18)22-16)21(24)11-15-5-3-4-14-10-19(25-2)8-9-20(14)15;/h8-10,15-18,22H,3-7,11-13H2,1-2H3;1H. The van der Waals surface area contributed by atoms with Gasteiger partial charge in [0.15, 0.2) is 0 Å². The summed E-state index contributed by atoms with van der Waals surface area (Å²) in [6.45, 7) is 0. The summed E-state index contributed by atoms with van der Waals surface area (Å²) in [4.78, 5) is 15.0. The Kier molecular flexibility index (Phi) is 6.13. The molecule has 3 unspecified atom stereocenters. The number of nitrogens with one attached hydrogen (secondary N) is 1. The lowest BCUT2D eigenvalue weighted by Gasteiger charge is -2.36. The van der Waals surface area contributed by atoms with E-state index < -0.39 is 0 Å². The fourth-order valence-electron chi connectivity index (χ4n) is 5.13. The number of rotatable bonds is 4. The number of carbonyl (C=O) groups is 1. The number of piperidine rings is 1. The van der Waals surface area contributed by atoms with Gasteiger partial charge in [-0.15, -0.1) is 12.4 Å². The molecule has 3 aliphatic rings. The van der Waals surface area contributed by atoms with E-state index in [4.69, 9.17) is 4.74 Å². The number of hydrogen-bond donors (Lipinski definition) is 1. The van der Waals surface area contributed by atoms with Crippen LogP contribution in [0.4, 0.5) is 0 Å². The Labute approximate surface area is 163 Å². The third-order valence-corrected chi connectivity index (χ3v) is 6.60. The highest BCUT2D eigenvalue weighted by atomic mass is 35.5. The first-order valence-electron chi connectivity index (χ1n) is 9.82. The zero-order valence-corrected chi connectivity index (χ0v) is 16.7. The van der Waals surface area contributed by atoms with Crippen LogP contribution in [0, 0.1) is 0 Å². The van der Waals surface area contributed by atoms with Crippen molar-refractivity contribution in [2.45, 2.75) is 75.4 Å². The predicted molar refractivity (Wildman–Crippen MR) is 106 cm³/mol. The maximum Gasteiger partial charge on any atom is 0.223 e. The van der Waals surface area contributed by atoms with Crippen molar-refractivity contribution in [3.8, 4) is 5.75 Å². The van der Waals surface area contributed by atoms with Crippen LogP contribution in [0.15, 0.2) is 18.2 Å². The van der Waals surface area contributed by atoms with Crippen LogP contribution in [0.5, 0.6) is 5.75 Å². The second-order valence-corrected chi connectivity index (χ2v) is 8.13. The molecule has 1 amide bonds. The van der Waals surface area contributed by atoms with Gasteiger partial charge in [-0.05, 0) is 74.1 Å². The number of methoxy groups -OCH3 is 1. The quantitative estimate of drug-likeness (QED) is 0.869. The van der Waals surface area contributed by atoms with Gasteiger partial charge in [0.25, 0.3) is 0 Å². The van der Waals surface area contributed by atoms with E-state index in [0.717, 1.165) is 31.4 Å². The summed E-state index contributed by atoms with van der Waals surface area (Å²) in [5.74, 6) is 1.61. The molecular formula is C21H31ClN2O2. The average Bonchev–Trinajstić information content (AvgIpc) is 2.98. The molecule has 1 N–H and O–H groups in total. The molecule has 4 nitrogen and oxygen atoms in total. The summed E-state index contributed by atoms with van der Waals surface area (Å²) in [5, 5.41) is 3.67. The lowest BCUT2D eigenvalue weighted by Crippen LogP contribution is -2.49. The Morgan fingerprint density at radius 2 is 1.96 bits per heavy atom. The molecule has 2 fully saturated rings. The van der Waals surface area contributed by atoms with Crippen LogP contribution in [0.1, 0.15) is 62.0 Å². The average molecular weight is 379 g/mol. The molecule has 0 spiro atoms. The molecule has 4 rings (SSSR count). The van der Waals surface area contributed by atoms with Crippen LogP contribution in [-0.4, -0.2) is 43.1 Å². The molecule has 0 aromatic heterocycles. The number of amides is 1. The highest BCUT2D eigenvalue weighted by Crippen LogP contribution is 2.37. The fourth-order valence-corrected chi connectivity index (χ4v) is 5.13. The molecule has 144 valence electrons. The molecule has 0 radical (unpaired) electrons. The van der Waals surface area contributed by atoms with Gasteiger partial charge in [0.2, 0.25) is 5.91 Å². The highest BCUT2D eigenvalue weighted by molar-refractivity contribution is 5.85. The number of aryl methyl sites for hydroxylation is 1. The van der Waals surface area contributed by atoms with Crippen molar-refractivity contribution in [1.29, 1.82) is 0 Å². The van der Waals surface area contributed by atoms with Crippen LogP contribution < -0.4 is 10.1 Å². The lowest BCUT2D eigenvalue weighted by molar-refractivity contribution is -0.133. The zero-order valence-electron chi connectivity index (χ0n) is 15.9. The Bertz CT molecular complexity index is 639. The molecule has 1 aliphatic carbocycles. The Morgan fingerprint density at radius 1 is 1.23 bits per heavy atom. The largest absolute Gasteiger partial charge is 0.497 e. The van der Waals surface area contributed by atoms with E-state index in [2.05, 4.69) is 22.3 Å². The van der Waals surface area contributed by atoms with Crippen LogP contribution in [0.2, 0.25) is 0 Å². The normalized spacial score (nSPS) is 29.5. The third kappa shape index (κ3) is 3.86. The van der Waals surface area contributed by atoms with Crippen LogP contribution in [0.25, 0.3) is 0 Å². The Balaban J connectivity index is 0.00000196. The van der Waals surface area contributed by atoms with Crippen molar-refractivity contribution in [3.05, 3.63) is 29.3 Å². The van der Waals surface area contributed by atoms with E-state index in [1.165, 1.54) is 30.4 Å². The maximum atomic E-state index is 13.0. The number of halogens is 1. The van der Waals surface area contributed by atoms with E-state index in [1.807, 2.05) is 13.1 Å². The Morgan fingerprint density at radius 3 is 2.65 bits per heavy atom. The van der Waals surface area contributed by atoms with Crippen molar-refractivity contribution in [2.75, 3.05) is 14.2 Å². The van der Waals surface area contributed by atoms with E-state index in [0.29, 0.717) is 36.4 Å². The molecule has 1 aromatic carbocycles. The Hall–Kier alpha value is -1.26. The molecule has 26 heavy (non-hydrogen) atoms. The summed E-state index contributed by atoms with van der Waals surface area (Å²) in [6.07, 6.45) is 8.84. The SMILES string of the molecule is COc1ccc2c(c1)CCCC2CC(=O)N(C)C1CC2CCC(C1)N2.Cl. The number of carbonyl (C=O) groups excluding carboxylic acids is 1. The molecule has 1 aromatic rings. The van der Waals surface area contributed by atoms with Crippen molar-refractivity contribution in [3.63, 3.8) is 0 Å². The van der Waals surface area contributed by atoms with Gasteiger partial charge >= 0.3 is 0 Å². The number of benzene rings is 1. The predicted octanol–water partition coefficient (Wildman–Crippen LogP) is 3.67. The molecule has 3 atom stereocenters. The first kappa shape index (κ1) is 19.5. The van der Waals surface area contributed by atoms with Crippen molar-refractivity contribution >= 4 is 18.3 Å². The van der Waals surface area contributed by atoms with Crippen LogP contribution in [0.3, 0.4) is 0 Å². The molecule has 2 aliphatic heterocycles. The second-order valence-electron chi connectivity index (χ2n) is 8.13. The van der Waals surface area contributed by atoms with Gasteiger partial charge < -0.3 is 15.0 Å².